The first-order chi connectivity index (χ1) is 11.7. The molecule has 0 unspecified atom stereocenters. The van der Waals surface area contributed by atoms with Crippen molar-refractivity contribution < 1.29 is 4.79 Å². The average molecular weight is 350 g/mol. The van der Waals surface area contributed by atoms with Gasteiger partial charge in [-0.25, -0.2) is 4.79 Å². The second-order valence-corrected chi connectivity index (χ2v) is 7.57. The van der Waals surface area contributed by atoms with Gasteiger partial charge in [0, 0.05) is 36.7 Å². The van der Waals surface area contributed by atoms with E-state index in [0.29, 0.717) is 12.1 Å². The van der Waals surface area contributed by atoms with Gasteiger partial charge < -0.3 is 10.6 Å². The van der Waals surface area contributed by atoms with Crippen molar-refractivity contribution in [2.75, 3.05) is 13.1 Å². The van der Waals surface area contributed by atoms with Crippen molar-refractivity contribution in [3.63, 3.8) is 0 Å². The minimum absolute atomic E-state index is 0.0260. The molecule has 24 heavy (non-hydrogen) atoms. The Morgan fingerprint density at radius 3 is 2.17 bits per heavy atom. The van der Waals surface area contributed by atoms with Crippen LogP contribution < -0.4 is 10.6 Å². The third-order valence-corrected chi connectivity index (χ3v) is 5.43. The molecule has 3 rings (SSSR count). The number of nitrogens with one attached hydrogen (secondary N) is 2. The van der Waals surface area contributed by atoms with Gasteiger partial charge in [0.2, 0.25) is 0 Å². The van der Waals surface area contributed by atoms with Gasteiger partial charge in [-0.05, 0) is 43.4 Å². The van der Waals surface area contributed by atoms with Crippen molar-refractivity contribution in [1.82, 2.24) is 15.5 Å². The van der Waals surface area contributed by atoms with Crippen molar-refractivity contribution in [3.05, 3.63) is 34.9 Å². The first-order valence-corrected chi connectivity index (χ1v) is 9.61. The lowest BCUT2D eigenvalue weighted by Crippen LogP contribution is -2.50. The van der Waals surface area contributed by atoms with Crippen LogP contribution in [0.5, 0.6) is 0 Å². The van der Waals surface area contributed by atoms with Crippen molar-refractivity contribution in [3.8, 4) is 0 Å². The molecular weight excluding hydrogens is 322 g/mol. The maximum Gasteiger partial charge on any atom is 0.315 e. The van der Waals surface area contributed by atoms with Crippen LogP contribution in [0.25, 0.3) is 0 Å². The number of carbonyl (C=O) groups excluding carboxylic acids is 1. The summed E-state index contributed by atoms with van der Waals surface area (Å²) in [7, 11) is 0. The number of urea groups is 1. The Morgan fingerprint density at radius 1 is 0.958 bits per heavy atom. The Hall–Kier alpha value is -1.26. The number of benzene rings is 1. The lowest BCUT2D eigenvalue weighted by Gasteiger charge is -2.33. The van der Waals surface area contributed by atoms with Crippen molar-refractivity contribution in [1.29, 1.82) is 0 Å². The molecule has 5 heteroatoms. The Balaban J connectivity index is 1.37. The van der Waals surface area contributed by atoms with Crippen LogP contribution >= 0.6 is 11.6 Å². The van der Waals surface area contributed by atoms with Gasteiger partial charge >= 0.3 is 6.03 Å². The Labute approximate surface area is 149 Å². The zero-order chi connectivity index (χ0) is 16.8. The smallest absolute Gasteiger partial charge is 0.315 e. The van der Waals surface area contributed by atoms with Gasteiger partial charge in [-0.3, -0.25) is 4.90 Å². The molecule has 2 N–H and O–H groups in total. The van der Waals surface area contributed by atoms with Gasteiger partial charge in [0.05, 0.1) is 0 Å². The fraction of sp³-hybridized carbons (Fsp3) is 0.632. The molecule has 1 saturated carbocycles. The first-order valence-electron chi connectivity index (χ1n) is 9.23. The maximum absolute atomic E-state index is 12.1. The first kappa shape index (κ1) is 17.6. The van der Waals surface area contributed by atoms with Gasteiger partial charge in [0.15, 0.2) is 0 Å². The third-order valence-electron chi connectivity index (χ3n) is 5.18. The predicted octanol–water partition coefficient (Wildman–Crippen LogP) is 3.94. The van der Waals surface area contributed by atoms with E-state index >= 15 is 0 Å². The number of hydrogen-bond acceptors (Lipinski definition) is 2. The quantitative estimate of drug-likeness (QED) is 0.864. The highest BCUT2D eigenvalue weighted by atomic mass is 35.5. The van der Waals surface area contributed by atoms with Crippen LogP contribution in [0.1, 0.15) is 50.5 Å². The molecule has 1 aliphatic heterocycles. The zero-order valence-electron chi connectivity index (χ0n) is 14.3. The van der Waals surface area contributed by atoms with Gasteiger partial charge in [0.25, 0.3) is 0 Å². The van der Waals surface area contributed by atoms with Gasteiger partial charge in [-0.1, -0.05) is 43.0 Å². The van der Waals surface area contributed by atoms with E-state index in [4.69, 9.17) is 11.6 Å². The summed E-state index contributed by atoms with van der Waals surface area (Å²) in [6, 6.07) is 8.77. The summed E-state index contributed by atoms with van der Waals surface area (Å²) in [6.45, 7) is 3.01. The summed E-state index contributed by atoms with van der Waals surface area (Å²) >= 11 is 5.93. The molecule has 2 amide bonds. The van der Waals surface area contributed by atoms with Gasteiger partial charge in [-0.15, -0.1) is 0 Å². The van der Waals surface area contributed by atoms with Gasteiger partial charge in [0.1, 0.15) is 0 Å². The number of rotatable bonds is 4. The Morgan fingerprint density at radius 2 is 1.54 bits per heavy atom. The second kappa shape index (κ2) is 8.72. The predicted molar refractivity (Wildman–Crippen MR) is 98.3 cm³/mol. The fourth-order valence-corrected chi connectivity index (χ4v) is 3.87. The summed E-state index contributed by atoms with van der Waals surface area (Å²) in [5, 5.41) is 7.09. The van der Waals surface area contributed by atoms with E-state index < -0.39 is 0 Å². The highest BCUT2D eigenvalue weighted by molar-refractivity contribution is 6.30. The number of hydrogen-bond donors (Lipinski definition) is 2. The van der Waals surface area contributed by atoms with Crippen molar-refractivity contribution in [2.24, 2.45) is 0 Å². The topological polar surface area (TPSA) is 44.4 Å². The molecule has 2 fully saturated rings. The van der Waals surface area contributed by atoms with Crippen LogP contribution in [-0.2, 0) is 6.54 Å². The van der Waals surface area contributed by atoms with Crippen molar-refractivity contribution in [2.45, 2.75) is 63.6 Å². The van der Waals surface area contributed by atoms with E-state index in [0.717, 1.165) is 50.3 Å². The number of piperidine rings is 1. The molecular formula is C19H28ClN3O. The summed E-state index contributed by atoms with van der Waals surface area (Å²) in [5.74, 6) is 0. The summed E-state index contributed by atoms with van der Waals surface area (Å²) < 4.78 is 0. The summed E-state index contributed by atoms with van der Waals surface area (Å²) in [4.78, 5) is 14.6. The van der Waals surface area contributed by atoms with E-state index in [1.54, 1.807) is 0 Å². The monoisotopic (exact) mass is 349 g/mol. The van der Waals surface area contributed by atoms with Crippen LogP contribution in [0, 0.1) is 0 Å². The Kier molecular flexibility index (Phi) is 6.38. The van der Waals surface area contributed by atoms with Crippen LogP contribution in [-0.4, -0.2) is 36.1 Å². The normalized spacial score (nSPS) is 20.7. The summed E-state index contributed by atoms with van der Waals surface area (Å²) in [6.07, 6.45) is 8.10. The zero-order valence-corrected chi connectivity index (χ0v) is 15.0. The minimum atomic E-state index is 0.0260. The molecule has 1 heterocycles. The number of carbonyl (C=O) groups is 1. The average Bonchev–Trinajstić information content (AvgIpc) is 2.59. The maximum atomic E-state index is 12.1. The second-order valence-electron chi connectivity index (χ2n) is 7.13. The molecule has 1 aliphatic carbocycles. The van der Waals surface area contributed by atoms with E-state index in [9.17, 15) is 4.79 Å². The molecule has 1 aromatic carbocycles. The molecule has 0 spiro atoms. The number of amides is 2. The molecule has 1 saturated heterocycles. The standard InChI is InChI=1S/C19H28ClN3O/c20-16-8-6-15(7-9-16)14-23-12-10-18(11-13-23)22-19(24)21-17-4-2-1-3-5-17/h6-9,17-18H,1-5,10-14H2,(H2,21,22,24). The largest absolute Gasteiger partial charge is 0.335 e. The van der Waals surface area contributed by atoms with Crippen LogP contribution in [0.15, 0.2) is 24.3 Å². The lowest BCUT2D eigenvalue weighted by atomic mass is 9.96. The molecule has 0 radical (unpaired) electrons. The van der Waals surface area contributed by atoms with Crippen LogP contribution in [0.3, 0.4) is 0 Å². The van der Waals surface area contributed by atoms with Crippen LogP contribution in [0.2, 0.25) is 5.02 Å². The molecule has 4 nitrogen and oxygen atoms in total. The number of halogens is 1. The highest BCUT2D eigenvalue weighted by Gasteiger charge is 2.22. The molecule has 0 bridgehead atoms. The number of nitrogens with zero attached hydrogens (tertiary/aromatic N) is 1. The molecule has 2 aliphatic rings. The van der Waals surface area contributed by atoms with Gasteiger partial charge in [-0.2, -0.15) is 0 Å². The third kappa shape index (κ3) is 5.38. The van der Waals surface area contributed by atoms with E-state index in [1.807, 2.05) is 12.1 Å². The molecule has 1 aromatic rings. The Bertz CT molecular complexity index is 520. The summed E-state index contributed by atoms with van der Waals surface area (Å²) in [5.41, 5.74) is 1.29. The van der Waals surface area contributed by atoms with Crippen molar-refractivity contribution >= 4 is 17.6 Å². The highest BCUT2D eigenvalue weighted by Crippen LogP contribution is 2.18. The van der Waals surface area contributed by atoms with E-state index in [2.05, 4.69) is 27.7 Å². The SMILES string of the molecule is O=C(NC1CCCCC1)NC1CCN(Cc2ccc(Cl)cc2)CC1. The molecule has 0 aromatic heterocycles. The minimum Gasteiger partial charge on any atom is -0.335 e. The lowest BCUT2D eigenvalue weighted by molar-refractivity contribution is 0.184. The number of likely N-dealkylation sites (tertiary alicyclic amines) is 1. The molecule has 0 atom stereocenters. The fourth-order valence-electron chi connectivity index (χ4n) is 3.74. The molecule has 132 valence electrons. The van der Waals surface area contributed by atoms with Crippen LogP contribution in [0.4, 0.5) is 4.79 Å². The van der Waals surface area contributed by atoms with E-state index in [1.165, 1.54) is 24.8 Å². The van der Waals surface area contributed by atoms with E-state index in [-0.39, 0.29) is 6.03 Å².